The van der Waals surface area contributed by atoms with Crippen molar-refractivity contribution in [3.63, 3.8) is 0 Å². The maximum atomic E-state index is 13.7. The molecule has 5 nitrogen and oxygen atoms in total. The lowest BCUT2D eigenvalue weighted by Gasteiger charge is -2.31. The highest BCUT2D eigenvalue weighted by Crippen LogP contribution is 2.49. The Bertz CT molecular complexity index is 1010. The smallest absolute Gasteiger partial charge is 0.291 e. The van der Waals surface area contributed by atoms with Crippen molar-refractivity contribution in [2.75, 3.05) is 4.90 Å². The van der Waals surface area contributed by atoms with Crippen molar-refractivity contribution >= 4 is 23.2 Å². The highest BCUT2D eigenvalue weighted by Gasteiger charge is 2.52. The molecule has 1 heterocycles. The molecule has 0 aromatic heterocycles. The number of nitrogens with zero attached hydrogens (tertiary/aromatic N) is 1. The van der Waals surface area contributed by atoms with E-state index in [1.165, 1.54) is 11.0 Å². The molecule has 2 amide bonds. The molecule has 31 heavy (non-hydrogen) atoms. The summed E-state index contributed by atoms with van der Waals surface area (Å²) in [5.41, 5.74) is 6.36. The molecule has 2 N–H and O–H groups in total. The van der Waals surface area contributed by atoms with Crippen LogP contribution in [0.2, 0.25) is 0 Å². The third kappa shape index (κ3) is 4.04. The van der Waals surface area contributed by atoms with Gasteiger partial charge in [0.1, 0.15) is 0 Å². The van der Waals surface area contributed by atoms with Crippen molar-refractivity contribution in [1.82, 2.24) is 10.9 Å². The Morgan fingerprint density at radius 3 is 2.29 bits per heavy atom. The number of hydrazine groups is 1. The zero-order chi connectivity index (χ0) is 23.1. The zero-order valence-electron chi connectivity index (χ0n) is 18.1. The van der Waals surface area contributed by atoms with Gasteiger partial charge < -0.3 is 0 Å². The van der Waals surface area contributed by atoms with Crippen molar-refractivity contribution in [2.24, 2.45) is 0 Å². The molecule has 2 atom stereocenters. The minimum atomic E-state index is -4.54. The van der Waals surface area contributed by atoms with Crippen LogP contribution < -0.4 is 15.8 Å². The van der Waals surface area contributed by atoms with Crippen LogP contribution >= 0.6 is 0 Å². The van der Waals surface area contributed by atoms with Crippen molar-refractivity contribution < 1.29 is 22.8 Å². The first-order valence-corrected chi connectivity index (χ1v) is 10.1. The Kier molecular flexibility index (Phi) is 5.88. The van der Waals surface area contributed by atoms with Gasteiger partial charge in [-0.1, -0.05) is 19.1 Å². The number of benzene rings is 2. The van der Waals surface area contributed by atoms with E-state index in [0.717, 1.165) is 23.3 Å². The lowest BCUT2D eigenvalue weighted by molar-refractivity contribution is -0.137. The number of carbonyl (C=O) groups is 2. The summed E-state index contributed by atoms with van der Waals surface area (Å²) in [5, 5.41) is 0. The number of amides is 2. The van der Waals surface area contributed by atoms with E-state index >= 15 is 0 Å². The first-order chi connectivity index (χ1) is 14.4. The summed E-state index contributed by atoms with van der Waals surface area (Å²) >= 11 is 0. The molecular weight excluding hydrogens is 407 g/mol. The number of aryl methyl sites for hydroxylation is 2. The van der Waals surface area contributed by atoms with Crippen LogP contribution in [0.4, 0.5) is 24.5 Å². The van der Waals surface area contributed by atoms with E-state index in [-0.39, 0.29) is 23.9 Å². The highest BCUT2D eigenvalue weighted by molar-refractivity contribution is 6.13. The molecule has 3 rings (SSSR count). The fourth-order valence-electron chi connectivity index (χ4n) is 3.97. The van der Waals surface area contributed by atoms with Gasteiger partial charge in [-0.05, 0) is 68.7 Å². The topological polar surface area (TPSA) is 61.4 Å². The van der Waals surface area contributed by atoms with E-state index < -0.39 is 23.2 Å². The molecule has 166 valence electrons. The fourth-order valence-corrected chi connectivity index (χ4v) is 3.97. The summed E-state index contributed by atoms with van der Waals surface area (Å²) in [7, 11) is 0. The van der Waals surface area contributed by atoms with Crippen LogP contribution in [0.25, 0.3) is 0 Å². The van der Waals surface area contributed by atoms with Crippen molar-refractivity contribution in [1.29, 1.82) is 0 Å². The molecular formula is C23H26F3N3O2. The molecule has 0 spiro atoms. The van der Waals surface area contributed by atoms with Crippen LogP contribution in [0.5, 0.6) is 0 Å². The van der Waals surface area contributed by atoms with Crippen molar-refractivity contribution in [3.8, 4) is 0 Å². The van der Waals surface area contributed by atoms with Gasteiger partial charge in [-0.2, -0.15) is 13.2 Å². The molecule has 0 radical (unpaired) electrons. The van der Waals surface area contributed by atoms with E-state index in [9.17, 15) is 22.8 Å². The lowest BCUT2D eigenvalue weighted by Crippen LogP contribution is -2.55. The zero-order valence-corrected chi connectivity index (χ0v) is 18.1. The van der Waals surface area contributed by atoms with Crippen LogP contribution in [-0.4, -0.2) is 17.9 Å². The van der Waals surface area contributed by atoms with E-state index in [2.05, 4.69) is 10.9 Å². The second-order valence-corrected chi connectivity index (χ2v) is 8.19. The highest BCUT2D eigenvalue weighted by atomic mass is 19.4. The third-order valence-corrected chi connectivity index (χ3v) is 5.85. The first-order valence-electron chi connectivity index (χ1n) is 10.1. The minimum absolute atomic E-state index is 0.197. The second kappa shape index (κ2) is 8.00. The van der Waals surface area contributed by atoms with Gasteiger partial charge in [-0.15, -0.1) is 0 Å². The molecule has 0 saturated heterocycles. The van der Waals surface area contributed by atoms with E-state index in [1.807, 2.05) is 19.9 Å². The normalized spacial score (nSPS) is 19.4. The van der Waals surface area contributed by atoms with Gasteiger partial charge >= 0.3 is 6.18 Å². The number of rotatable bonds is 5. The van der Waals surface area contributed by atoms with E-state index in [4.69, 9.17) is 0 Å². The van der Waals surface area contributed by atoms with Gasteiger partial charge in [-0.25, -0.2) is 5.43 Å². The van der Waals surface area contributed by atoms with Gasteiger partial charge in [-0.3, -0.25) is 19.9 Å². The number of alkyl halides is 3. The first kappa shape index (κ1) is 22.8. The molecule has 0 bridgehead atoms. The van der Waals surface area contributed by atoms with E-state index in [1.54, 1.807) is 32.9 Å². The minimum Gasteiger partial charge on any atom is -0.291 e. The monoisotopic (exact) mass is 433 g/mol. The number of hydrogen-bond acceptors (Lipinski definition) is 3. The van der Waals surface area contributed by atoms with Crippen LogP contribution in [0, 0.1) is 13.8 Å². The molecule has 0 fully saturated rings. The Morgan fingerprint density at radius 2 is 1.74 bits per heavy atom. The van der Waals surface area contributed by atoms with Crippen LogP contribution in [0.1, 0.15) is 49.4 Å². The standard InChI is InChI=1S/C23H26F3N3O2/c1-6-20(30)28-27-15(4)22(5)18-8-7-16(23(24,25)26)12-19(18)29(21(22)31)17-10-13(2)9-14(3)11-17/h7-12,15,27H,6H2,1-5H3,(H,28,30). The number of hydrogen-bond donors (Lipinski definition) is 2. The maximum Gasteiger partial charge on any atom is 0.416 e. The molecule has 2 aromatic carbocycles. The largest absolute Gasteiger partial charge is 0.416 e. The maximum absolute atomic E-state index is 13.7. The molecule has 1 aliphatic heterocycles. The number of carbonyl (C=O) groups excluding carboxylic acids is 2. The van der Waals surface area contributed by atoms with E-state index in [0.29, 0.717) is 11.3 Å². The Labute approximate surface area is 179 Å². The number of anilines is 2. The molecule has 2 unspecified atom stereocenters. The molecule has 0 aliphatic carbocycles. The summed E-state index contributed by atoms with van der Waals surface area (Å²) < 4.78 is 40.3. The summed E-state index contributed by atoms with van der Waals surface area (Å²) in [6.45, 7) is 8.83. The van der Waals surface area contributed by atoms with Gasteiger partial charge in [0, 0.05) is 18.2 Å². The molecule has 1 aliphatic rings. The average molecular weight is 433 g/mol. The van der Waals surface area contributed by atoms with Crippen LogP contribution in [0.3, 0.4) is 0 Å². The molecule has 2 aromatic rings. The number of halogens is 3. The molecule has 8 heteroatoms. The second-order valence-electron chi connectivity index (χ2n) is 8.19. The van der Waals surface area contributed by atoms with Gasteiger partial charge in [0.25, 0.3) is 0 Å². The third-order valence-electron chi connectivity index (χ3n) is 5.85. The van der Waals surface area contributed by atoms with Gasteiger partial charge in [0.2, 0.25) is 11.8 Å². The Hall–Kier alpha value is -2.87. The SMILES string of the molecule is CCC(=O)NNC(C)C1(C)C(=O)N(c2cc(C)cc(C)c2)c2cc(C(F)(F)F)ccc21. The summed E-state index contributed by atoms with van der Waals surface area (Å²) in [6.07, 6.45) is -4.28. The van der Waals surface area contributed by atoms with Crippen molar-refractivity contribution in [2.45, 2.75) is 58.7 Å². The summed E-state index contributed by atoms with van der Waals surface area (Å²) in [6, 6.07) is 8.27. The lowest BCUT2D eigenvalue weighted by atomic mass is 9.77. The summed E-state index contributed by atoms with van der Waals surface area (Å²) in [5.74, 6) is -0.614. The van der Waals surface area contributed by atoms with Crippen LogP contribution in [-0.2, 0) is 21.2 Å². The van der Waals surface area contributed by atoms with Crippen molar-refractivity contribution in [3.05, 3.63) is 58.7 Å². The number of fused-ring (bicyclic) bond motifs is 1. The Morgan fingerprint density at radius 1 is 1.13 bits per heavy atom. The fraction of sp³-hybridized carbons (Fsp3) is 0.391. The molecule has 0 saturated carbocycles. The summed E-state index contributed by atoms with van der Waals surface area (Å²) in [4.78, 5) is 26.8. The van der Waals surface area contributed by atoms with Gasteiger partial charge in [0.05, 0.1) is 16.7 Å². The predicted molar refractivity (Wildman–Crippen MR) is 113 cm³/mol. The predicted octanol–water partition coefficient (Wildman–Crippen LogP) is 4.68. The average Bonchev–Trinajstić information content (AvgIpc) is 2.92. The van der Waals surface area contributed by atoms with Gasteiger partial charge in [0.15, 0.2) is 0 Å². The quantitative estimate of drug-likeness (QED) is 0.674. The Balaban J connectivity index is 2.16. The number of nitrogens with one attached hydrogen (secondary N) is 2. The van der Waals surface area contributed by atoms with Crippen LogP contribution in [0.15, 0.2) is 36.4 Å².